The predicted molar refractivity (Wildman–Crippen MR) is 80.4 cm³/mol. The van der Waals surface area contributed by atoms with Crippen LogP contribution in [0.5, 0.6) is 5.75 Å². The first-order valence-electron chi connectivity index (χ1n) is 5.89. The Bertz CT molecular complexity index is 596. The summed E-state index contributed by atoms with van der Waals surface area (Å²) in [6.45, 7) is 2.05. The Kier molecular flexibility index (Phi) is 4.42. The van der Waals surface area contributed by atoms with Crippen LogP contribution in [0.2, 0.25) is 5.02 Å². The molecule has 0 saturated carbocycles. The Morgan fingerprint density at radius 2 is 2.00 bits per heavy atom. The first-order chi connectivity index (χ1) is 9.20. The number of ether oxygens (including phenoxy) is 1. The number of rotatable bonds is 4. The molecule has 0 aliphatic heterocycles. The highest BCUT2D eigenvalue weighted by Crippen LogP contribution is 2.27. The smallest absolute Gasteiger partial charge is 0.137 e. The number of hydrogen-bond donors (Lipinski definition) is 1. The van der Waals surface area contributed by atoms with Crippen LogP contribution >= 0.6 is 11.6 Å². The molecule has 0 unspecified atom stereocenters. The third kappa shape index (κ3) is 3.48. The molecule has 2 rings (SSSR count). The summed E-state index contributed by atoms with van der Waals surface area (Å²) < 4.78 is 5.09. The monoisotopic (exact) mass is 274 g/mol. The van der Waals surface area contributed by atoms with Crippen LogP contribution < -0.4 is 10.2 Å². The highest BCUT2D eigenvalue weighted by molar-refractivity contribution is 6.32. The molecular formula is C15H15ClN2O. The fraction of sp³-hybridized carbons (Fsp3) is 0.133. The molecule has 0 atom stereocenters. The van der Waals surface area contributed by atoms with Crippen LogP contribution in [-0.4, -0.2) is 13.3 Å². The normalized spacial score (nSPS) is 10.7. The largest absolute Gasteiger partial charge is 0.495 e. The number of halogens is 1. The lowest BCUT2D eigenvalue weighted by Gasteiger charge is -2.05. The fourth-order valence-electron chi connectivity index (χ4n) is 1.64. The average molecular weight is 275 g/mol. The molecule has 1 N–H and O–H groups in total. The SMILES string of the molecule is COc1ccc(N/N=C/c2ccccc2C)cc1Cl. The molecule has 0 aromatic heterocycles. The molecule has 0 aliphatic carbocycles. The van der Waals surface area contributed by atoms with Gasteiger partial charge in [0.15, 0.2) is 0 Å². The molecule has 2 aromatic carbocycles. The number of methoxy groups -OCH3 is 1. The first kappa shape index (κ1) is 13.4. The van der Waals surface area contributed by atoms with Gasteiger partial charge in [-0.25, -0.2) is 0 Å². The molecule has 0 bridgehead atoms. The summed E-state index contributed by atoms with van der Waals surface area (Å²) >= 11 is 6.03. The van der Waals surface area contributed by atoms with E-state index in [-0.39, 0.29) is 0 Å². The third-order valence-corrected chi connectivity index (χ3v) is 3.03. The van der Waals surface area contributed by atoms with Crippen molar-refractivity contribution in [3.8, 4) is 5.75 Å². The van der Waals surface area contributed by atoms with Gasteiger partial charge in [-0.05, 0) is 36.2 Å². The zero-order chi connectivity index (χ0) is 13.7. The van der Waals surface area contributed by atoms with E-state index in [0.29, 0.717) is 10.8 Å². The minimum atomic E-state index is 0.554. The summed E-state index contributed by atoms with van der Waals surface area (Å²) in [5.41, 5.74) is 6.02. The summed E-state index contributed by atoms with van der Waals surface area (Å²) in [5, 5.41) is 4.75. The molecule has 98 valence electrons. The van der Waals surface area contributed by atoms with E-state index in [9.17, 15) is 0 Å². The van der Waals surface area contributed by atoms with Crippen molar-refractivity contribution in [1.29, 1.82) is 0 Å². The van der Waals surface area contributed by atoms with E-state index in [1.807, 2.05) is 37.3 Å². The van der Waals surface area contributed by atoms with Crippen LogP contribution in [0.1, 0.15) is 11.1 Å². The van der Waals surface area contributed by atoms with Crippen molar-refractivity contribution in [2.45, 2.75) is 6.92 Å². The highest BCUT2D eigenvalue weighted by Gasteiger charge is 2.00. The molecule has 0 heterocycles. The highest BCUT2D eigenvalue weighted by atomic mass is 35.5. The Morgan fingerprint density at radius 3 is 2.68 bits per heavy atom. The van der Waals surface area contributed by atoms with Gasteiger partial charge in [0.25, 0.3) is 0 Å². The molecule has 2 aromatic rings. The Hall–Kier alpha value is -2.00. The Labute approximate surface area is 117 Å². The second kappa shape index (κ2) is 6.25. The number of benzene rings is 2. The molecular weight excluding hydrogens is 260 g/mol. The molecule has 0 aliphatic rings. The number of nitrogens with one attached hydrogen (secondary N) is 1. The van der Waals surface area contributed by atoms with E-state index in [2.05, 4.69) is 10.5 Å². The second-order valence-electron chi connectivity index (χ2n) is 4.08. The van der Waals surface area contributed by atoms with Crippen LogP contribution in [0.25, 0.3) is 0 Å². The van der Waals surface area contributed by atoms with E-state index in [0.717, 1.165) is 11.3 Å². The first-order valence-corrected chi connectivity index (χ1v) is 6.27. The molecule has 0 fully saturated rings. The molecule has 0 radical (unpaired) electrons. The van der Waals surface area contributed by atoms with Gasteiger partial charge in [-0.15, -0.1) is 0 Å². The van der Waals surface area contributed by atoms with Gasteiger partial charge in [-0.1, -0.05) is 35.9 Å². The van der Waals surface area contributed by atoms with E-state index in [4.69, 9.17) is 16.3 Å². The van der Waals surface area contributed by atoms with E-state index in [1.165, 1.54) is 5.56 Å². The Balaban J connectivity index is 2.07. The van der Waals surface area contributed by atoms with Gasteiger partial charge in [0.05, 0.1) is 24.0 Å². The zero-order valence-electron chi connectivity index (χ0n) is 10.9. The third-order valence-electron chi connectivity index (χ3n) is 2.74. The van der Waals surface area contributed by atoms with E-state index >= 15 is 0 Å². The van der Waals surface area contributed by atoms with Gasteiger partial charge in [-0.3, -0.25) is 5.43 Å². The number of aryl methyl sites for hydroxylation is 1. The van der Waals surface area contributed by atoms with Crippen LogP contribution in [0, 0.1) is 6.92 Å². The molecule has 19 heavy (non-hydrogen) atoms. The quantitative estimate of drug-likeness (QED) is 0.673. The van der Waals surface area contributed by atoms with Crippen LogP contribution in [-0.2, 0) is 0 Å². The van der Waals surface area contributed by atoms with Crippen molar-refractivity contribution in [3.05, 3.63) is 58.6 Å². The minimum absolute atomic E-state index is 0.554. The maximum absolute atomic E-state index is 6.03. The van der Waals surface area contributed by atoms with Gasteiger partial charge >= 0.3 is 0 Å². The maximum Gasteiger partial charge on any atom is 0.137 e. The van der Waals surface area contributed by atoms with Gasteiger partial charge in [0.1, 0.15) is 5.75 Å². The number of nitrogens with zero attached hydrogens (tertiary/aromatic N) is 1. The lowest BCUT2D eigenvalue weighted by atomic mass is 10.1. The van der Waals surface area contributed by atoms with Crippen LogP contribution in [0.3, 0.4) is 0 Å². The molecule has 0 saturated heterocycles. The van der Waals surface area contributed by atoms with Crippen molar-refractivity contribution in [3.63, 3.8) is 0 Å². The van der Waals surface area contributed by atoms with E-state index < -0.39 is 0 Å². The molecule has 3 nitrogen and oxygen atoms in total. The van der Waals surface area contributed by atoms with Crippen LogP contribution in [0.4, 0.5) is 5.69 Å². The minimum Gasteiger partial charge on any atom is -0.495 e. The summed E-state index contributed by atoms with van der Waals surface area (Å²) in [5.74, 6) is 0.648. The van der Waals surface area contributed by atoms with E-state index in [1.54, 1.807) is 25.5 Å². The maximum atomic E-state index is 6.03. The summed E-state index contributed by atoms with van der Waals surface area (Å²) in [6.07, 6.45) is 1.79. The van der Waals surface area contributed by atoms with Crippen molar-refractivity contribution in [1.82, 2.24) is 0 Å². The summed E-state index contributed by atoms with van der Waals surface area (Å²) in [4.78, 5) is 0. The van der Waals surface area contributed by atoms with Crippen molar-refractivity contribution >= 4 is 23.5 Å². The lowest BCUT2D eigenvalue weighted by molar-refractivity contribution is 0.415. The number of hydrazone groups is 1. The van der Waals surface area contributed by atoms with Gasteiger partial charge in [0.2, 0.25) is 0 Å². The van der Waals surface area contributed by atoms with Gasteiger partial charge in [-0.2, -0.15) is 5.10 Å². The van der Waals surface area contributed by atoms with Gasteiger partial charge in [0, 0.05) is 0 Å². The lowest BCUT2D eigenvalue weighted by Crippen LogP contribution is -1.93. The molecule has 0 amide bonds. The van der Waals surface area contributed by atoms with Crippen LogP contribution in [0.15, 0.2) is 47.6 Å². The number of anilines is 1. The summed E-state index contributed by atoms with van der Waals surface area (Å²) in [6, 6.07) is 13.5. The standard InChI is InChI=1S/C15H15ClN2O/c1-11-5-3-4-6-12(11)10-17-18-13-7-8-15(19-2)14(16)9-13/h3-10,18H,1-2H3/b17-10+. The fourth-order valence-corrected chi connectivity index (χ4v) is 1.90. The predicted octanol–water partition coefficient (Wildman–Crippen LogP) is 4.10. The van der Waals surface area contributed by atoms with Crippen molar-refractivity contribution < 1.29 is 4.74 Å². The average Bonchev–Trinajstić information content (AvgIpc) is 2.41. The second-order valence-corrected chi connectivity index (χ2v) is 4.48. The Morgan fingerprint density at radius 1 is 1.21 bits per heavy atom. The summed E-state index contributed by atoms with van der Waals surface area (Å²) in [7, 11) is 1.59. The molecule has 0 spiro atoms. The van der Waals surface area contributed by atoms with Crippen molar-refractivity contribution in [2.75, 3.05) is 12.5 Å². The zero-order valence-corrected chi connectivity index (χ0v) is 11.6. The van der Waals surface area contributed by atoms with Gasteiger partial charge < -0.3 is 4.74 Å². The molecule has 4 heteroatoms. The number of hydrogen-bond acceptors (Lipinski definition) is 3. The topological polar surface area (TPSA) is 33.6 Å². The van der Waals surface area contributed by atoms with Crippen molar-refractivity contribution in [2.24, 2.45) is 5.10 Å².